The lowest BCUT2D eigenvalue weighted by atomic mass is 10.1. The van der Waals surface area contributed by atoms with Crippen molar-refractivity contribution in [2.75, 3.05) is 5.32 Å². The smallest absolute Gasteiger partial charge is 0.335 e. The van der Waals surface area contributed by atoms with E-state index in [0.29, 0.717) is 5.56 Å². The molecule has 4 heteroatoms. The van der Waals surface area contributed by atoms with Gasteiger partial charge in [0.25, 0.3) is 0 Å². The molecular weight excluding hydrogens is 330 g/mol. The molecule has 2 aromatic carbocycles. The maximum Gasteiger partial charge on any atom is 0.335 e. The van der Waals surface area contributed by atoms with Gasteiger partial charge in [0, 0.05) is 16.2 Å². The van der Waals surface area contributed by atoms with Gasteiger partial charge in [-0.2, -0.15) is 0 Å². The van der Waals surface area contributed by atoms with Crippen LogP contribution >= 0.6 is 15.9 Å². The van der Waals surface area contributed by atoms with Crippen molar-refractivity contribution in [1.29, 1.82) is 0 Å². The first-order valence-electron chi connectivity index (χ1n) is 6.80. The highest BCUT2D eigenvalue weighted by Crippen LogP contribution is 2.19. The average molecular weight is 348 g/mol. The van der Waals surface area contributed by atoms with E-state index in [1.807, 2.05) is 25.1 Å². The Morgan fingerprint density at radius 2 is 1.90 bits per heavy atom. The topological polar surface area (TPSA) is 49.3 Å². The second-order valence-corrected chi connectivity index (χ2v) is 6.13. The number of benzene rings is 2. The van der Waals surface area contributed by atoms with Crippen molar-refractivity contribution in [2.45, 2.75) is 26.3 Å². The number of aromatic carboxylic acids is 1. The molecule has 0 aromatic heterocycles. The fourth-order valence-electron chi connectivity index (χ4n) is 2.20. The fourth-order valence-corrected chi connectivity index (χ4v) is 2.47. The van der Waals surface area contributed by atoms with Crippen molar-refractivity contribution in [3.8, 4) is 0 Å². The van der Waals surface area contributed by atoms with Crippen molar-refractivity contribution in [3.63, 3.8) is 0 Å². The summed E-state index contributed by atoms with van der Waals surface area (Å²) in [5.74, 6) is -0.904. The lowest BCUT2D eigenvalue weighted by Gasteiger charge is -2.17. The maximum absolute atomic E-state index is 11.0. The van der Waals surface area contributed by atoms with Crippen molar-refractivity contribution in [1.82, 2.24) is 0 Å². The molecule has 0 radical (unpaired) electrons. The zero-order valence-corrected chi connectivity index (χ0v) is 13.6. The average Bonchev–Trinajstić information content (AvgIpc) is 2.43. The predicted molar refractivity (Wildman–Crippen MR) is 89.1 cm³/mol. The van der Waals surface area contributed by atoms with Crippen LogP contribution in [0, 0.1) is 6.92 Å². The van der Waals surface area contributed by atoms with Gasteiger partial charge in [-0.3, -0.25) is 0 Å². The number of hydrogen-bond donors (Lipinski definition) is 2. The van der Waals surface area contributed by atoms with Gasteiger partial charge >= 0.3 is 5.97 Å². The third kappa shape index (κ3) is 4.33. The van der Waals surface area contributed by atoms with Crippen LogP contribution in [0.2, 0.25) is 0 Å². The van der Waals surface area contributed by atoms with Gasteiger partial charge in [-0.15, -0.1) is 0 Å². The predicted octanol–water partition coefficient (Wildman–Crippen LogP) is 4.50. The standard InChI is InChI=1S/C17H18BrNO2/c1-11-3-6-14(17(20)21)10-16(11)19-12(2)9-13-4-7-15(18)8-5-13/h3-8,10,12,19H,9H2,1-2H3,(H,20,21). The summed E-state index contributed by atoms with van der Waals surface area (Å²) < 4.78 is 1.07. The summed E-state index contributed by atoms with van der Waals surface area (Å²) in [4.78, 5) is 11.0. The lowest BCUT2D eigenvalue weighted by Crippen LogP contribution is -2.19. The van der Waals surface area contributed by atoms with Gasteiger partial charge in [0.05, 0.1) is 5.56 Å². The summed E-state index contributed by atoms with van der Waals surface area (Å²) in [5.41, 5.74) is 3.46. The molecule has 2 rings (SSSR count). The summed E-state index contributed by atoms with van der Waals surface area (Å²) in [5, 5.41) is 12.5. The van der Waals surface area contributed by atoms with Gasteiger partial charge in [-0.25, -0.2) is 4.79 Å². The minimum atomic E-state index is -0.904. The van der Waals surface area contributed by atoms with E-state index in [1.165, 1.54) is 5.56 Å². The van der Waals surface area contributed by atoms with Crippen LogP contribution in [-0.4, -0.2) is 17.1 Å². The summed E-state index contributed by atoms with van der Waals surface area (Å²) in [6, 6.07) is 13.6. The van der Waals surface area contributed by atoms with E-state index < -0.39 is 5.97 Å². The number of halogens is 1. The van der Waals surface area contributed by atoms with Crippen LogP contribution in [0.4, 0.5) is 5.69 Å². The first-order chi connectivity index (χ1) is 9.95. The van der Waals surface area contributed by atoms with Crippen molar-refractivity contribution in [2.24, 2.45) is 0 Å². The molecule has 1 unspecified atom stereocenters. The Hall–Kier alpha value is -1.81. The third-order valence-corrected chi connectivity index (χ3v) is 3.87. The van der Waals surface area contributed by atoms with Gasteiger partial charge in [0.2, 0.25) is 0 Å². The molecule has 2 N–H and O–H groups in total. The number of carbonyl (C=O) groups is 1. The van der Waals surface area contributed by atoms with E-state index in [4.69, 9.17) is 5.11 Å². The van der Waals surface area contributed by atoms with E-state index >= 15 is 0 Å². The van der Waals surface area contributed by atoms with Crippen molar-refractivity contribution in [3.05, 3.63) is 63.6 Å². The monoisotopic (exact) mass is 347 g/mol. The SMILES string of the molecule is Cc1ccc(C(=O)O)cc1NC(C)Cc1ccc(Br)cc1. The van der Waals surface area contributed by atoms with E-state index in [2.05, 4.69) is 40.3 Å². The van der Waals surface area contributed by atoms with Crippen LogP contribution in [0.1, 0.15) is 28.4 Å². The number of rotatable bonds is 5. The lowest BCUT2D eigenvalue weighted by molar-refractivity contribution is 0.0697. The summed E-state index contributed by atoms with van der Waals surface area (Å²) in [6.07, 6.45) is 0.879. The van der Waals surface area contributed by atoms with Crippen LogP contribution in [-0.2, 0) is 6.42 Å². The number of aryl methyl sites for hydroxylation is 1. The quantitative estimate of drug-likeness (QED) is 0.837. The molecule has 0 bridgehead atoms. The Morgan fingerprint density at radius 1 is 1.24 bits per heavy atom. The molecule has 3 nitrogen and oxygen atoms in total. The third-order valence-electron chi connectivity index (χ3n) is 3.34. The largest absolute Gasteiger partial charge is 0.478 e. The molecule has 0 saturated heterocycles. The molecule has 0 fully saturated rings. The van der Waals surface area contributed by atoms with Crippen LogP contribution in [0.3, 0.4) is 0 Å². The van der Waals surface area contributed by atoms with Gasteiger partial charge in [0.15, 0.2) is 0 Å². The molecule has 2 aromatic rings. The van der Waals surface area contributed by atoms with E-state index in [1.54, 1.807) is 12.1 Å². The number of carboxylic acid groups (broad SMARTS) is 1. The molecule has 0 aliphatic rings. The van der Waals surface area contributed by atoms with Gasteiger partial charge in [-0.1, -0.05) is 34.1 Å². The highest BCUT2D eigenvalue weighted by atomic mass is 79.9. The second kappa shape index (κ2) is 6.76. The second-order valence-electron chi connectivity index (χ2n) is 5.21. The molecule has 0 spiro atoms. The van der Waals surface area contributed by atoms with Crippen LogP contribution in [0.25, 0.3) is 0 Å². The molecule has 0 amide bonds. The highest BCUT2D eigenvalue weighted by Gasteiger charge is 2.09. The van der Waals surface area contributed by atoms with E-state index in [9.17, 15) is 4.79 Å². The van der Waals surface area contributed by atoms with Gasteiger partial charge < -0.3 is 10.4 Å². The minimum absolute atomic E-state index is 0.217. The molecule has 0 heterocycles. The molecule has 110 valence electrons. The number of nitrogens with one attached hydrogen (secondary N) is 1. The zero-order chi connectivity index (χ0) is 15.4. The normalized spacial score (nSPS) is 12.0. The van der Waals surface area contributed by atoms with Crippen molar-refractivity contribution < 1.29 is 9.90 Å². The van der Waals surface area contributed by atoms with Crippen LogP contribution in [0.5, 0.6) is 0 Å². The number of carboxylic acids is 1. The van der Waals surface area contributed by atoms with Crippen LogP contribution < -0.4 is 5.32 Å². The molecule has 1 atom stereocenters. The van der Waals surface area contributed by atoms with E-state index in [-0.39, 0.29) is 6.04 Å². The summed E-state index contributed by atoms with van der Waals surface area (Å²) in [7, 11) is 0. The Morgan fingerprint density at radius 3 is 2.52 bits per heavy atom. The van der Waals surface area contributed by atoms with Gasteiger partial charge in [0.1, 0.15) is 0 Å². The molecule has 0 aliphatic carbocycles. The first kappa shape index (κ1) is 15.6. The van der Waals surface area contributed by atoms with Crippen LogP contribution in [0.15, 0.2) is 46.9 Å². The van der Waals surface area contributed by atoms with E-state index in [0.717, 1.165) is 22.1 Å². The Labute approximate surface area is 133 Å². The first-order valence-corrected chi connectivity index (χ1v) is 7.60. The number of anilines is 1. The molecule has 0 aliphatic heterocycles. The molecular formula is C17H18BrNO2. The molecule has 21 heavy (non-hydrogen) atoms. The fraction of sp³-hybridized carbons (Fsp3) is 0.235. The highest BCUT2D eigenvalue weighted by molar-refractivity contribution is 9.10. The number of hydrogen-bond acceptors (Lipinski definition) is 2. The summed E-state index contributed by atoms with van der Waals surface area (Å²) in [6.45, 7) is 4.06. The molecule has 0 saturated carbocycles. The Balaban J connectivity index is 2.08. The summed E-state index contributed by atoms with van der Waals surface area (Å²) >= 11 is 3.43. The zero-order valence-electron chi connectivity index (χ0n) is 12.1. The maximum atomic E-state index is 11.0. The Kier molecular flexibility index (Phi) is 5.02. The minimum Gasteiger partial charge on any atom is -0.478 e. The Bertz CT molecular complexity index is 638. The van der Waals surface area contributed by atoms with Gasteiger partial charge in [-0.05, 0) is 55.7 Å². The van der Waals surface area contributed by atoms with Crippen molar-refractivity contribution >= 4 is 27.6 Å².